The summed E-state index contributed by atoms with van der Waals surface area (Å²) in [5, 5.41) is 11.5. The van der Waals surface area contributed by atoms with Crippen molar-refractivity contribution in [3.8, 4) is 0 Å². The lowest BCUT2D eigenvalue weighted by atomic mass is 10.4. The summed E-state index contributed by atoms with van der Waals surface area (Å²) in [6.45, 7) is 3.24. The van der Waals surface area contributed by atoms with Gasteiger partial charge in [0.25, 0.3) is 0 Å². The molecule has 0 spiro atoms. The van der Waals surface area contributed by atoms with E-state index in [4.69, 9.17) is 5.73 Å². The first kappa shape index (κ1) is 7.14. The lowest BCUT2D eigenvalue weighted by Crippen LogP contribution is -2.08. The molecule has 0 amide bonds. The van der Waals surface area contributed by atoms with Crippen molar-refractivity contribution in [2.75, 3.05) is 6.54 Å². The van der Waals surface area contributed by atoms with E-state index in [1.165, 1.54) is 0 Å². The van der Waals surface area contributed by atoms with Crippen molar-refractivity contribution in [3.63, 3.8) is 0 Å². The van der Waals surface area contributed by atoms with Crippen LogP contribution >= 0.6 is 0 Å². The molecule has 1 heterocycles. The van der Waals surface area contributed by atoms with Crippen LogP contribution in [0.3, 0.4) is 0 Å². The van der Waals surface area contributed by atoms with Gasteiger partial charge in [0.05, 0.1) is 6.54 Å². The fraction of sp³-hybridized carbons (Fsp3) is 0.800. The Morgan fingerprint density at radius 3 is 2.90 bits per heavy atom. The second-order valence-electron chi connectivity index (χ2n) is 2.07. The summed E-state index contributed by atoms with van der Waals surface area (Å²) in [5.74, 6) is 0.706. The molecule has 56 valence electrons. The van der Waals surface area contributed by atoms with Gasteiger partial charge < -0.3 is 5.73 Å². The van der Waals surface area contributed by atoms with Gasteiger partial charge in [0.2, 0.25) is 0 Å². The van der Waals surface area contributed by atoms with Gasteiger partial charge in [-0.05, 0) is 25.1 Å². The van der Waals surface area contributed by atoms with E-state index in [1.807, 2.05) is 6.92 Å². The van der Waals surface area contributed by atoms with Gasteiger partial charge in [0.1, 0.15) is 0 Å². The Balaban J connectivity index is 2.42. The standard InChI is InChI=1S/C5H11N5/c1-5-7-9-10(8-5)4-2-3-6/h2-4,6H2,1H3. The third-order valence-corrected chi connectivity index (χ3v) is 1.12. The molecule has 5 nitrogen and oxygen atoms in total. The molecular formula is C5H11N5. The van der Waals surface area contributed by atoms with E-state index < -0.39 is 0 Å². The maximum atomic E-state index is 5.29. The van der Waals surface area contributed by atoms with E-state index in [2.05, 4.69) is 15.4 Å². The molecule has 0 aliphatic heterocycles. The maximum absolute atomic E-state index is 5.29. The number of nitrogens with two attached hydrogens (primary N) is 1. The van der Waals surface area contributed by atoms with E-state index in [1.54, 1.807) is 4.80 Å². The average Bonchev–Trinajstić information content (AvgIpc) is 2.31. The molecule has 0 bridgehead atoms. The van der Waals surface area contributed by atoms with Crippen LogP contribution in [-0.4, -0.2) is 26.8 Å². The van der Waals surface area contributed by atoms with Crippen LogP contribution in [0.15, 0.2) is 0 Å². The van der Waals surface area contributed by atoms with Crippen molar-refractivity contribution in [1.29, 1.82) is 0 Å². The molecular weight excluding hydrogens is 130 g/mol. The Kier molecular flexibility index (Phi) is 2.33. The monoisotopic (exact) mass is 141 g/mol. The van der Waals surface area contributed by atoms with Gasteiger partial charge in [-0.3, -0.25) is 0 Å². The Labute approximate surface area is 59.2 Å². The second-order valence-corrected chi connectivity index (χ2v) is 2.07. The number of nitrogens with zero attached hydrogens (tertiary/aromatic N) is 4. The Morgan fingerprint density at radius 1 is 1.60 bits per heavy atom. The molecule has 2 N–H and O–H groups in total. The Bertz CT molecular complexity index is 194. The molecule has 5 heteroatoms. The lowest BCUT2D eigenvalue weighted by molar-refractivity contribution is 0.503. The highest BCUT2D eigenvalue weighted by Crippen LogP contribution is 1.84. The van der Waals surface area contributed by atoms with Gasteiger partial charge >= 0.3 is 0 Å². The molecule has 0 atom stereocenters. The van der Waals surface area contributed by atoms with E-state index in [9.17, 15) is 0 Å². The number of hydrogen-bond acceptors (Lipinski definition) is 4. The van der Waals surface area contributed by atoms with Crippen molar-refractivity contribution in [1.82, 2.24) is 20.2 Å². The molecule has 10 heavy (non-hydrogen) atoms. The summed E-state index contributed by atoms with van der Waals surface area (Å²) in [4.78, 5) is 1.56. The van der Waals surface area contributed by atoms with E-state index in [0.717, 1.165) is 13.0 Å². The van der Waals surface area contributed by atoms with Gasteiger partial charge in [-0.15, -0.1) is 10.2 Å². The molecule has 0 saturated heterocycles. The minimum Gasteiger partial charge on any atom is -0.330 e. The van der Waals surface area contributed by atoms with Crippen molar-refractivity contribution in [3.05, 3.63) is 5.82 Å². The van der Waals surface area contributed by atoms with Crippen LogP contribution in [0.1, 0.15) is 12.2 Å². The fourth-order valence-corrected chi connectivity index (χ4v) is 0.651. The minimum atomic E-state index is 0.667. The largest absolute Gasteiger partial charge is 0.330 e. The molecule has 0 aliphatic rings. The minimum absolute atomic E-state index is 0.667. The number of aryl methyl sites for hydroxylation is 2. The van der Waals surface area contributed by atoms with Crippen LogP contribution in [0.4, 0.5) is 0 Å². The first-order valence-electron chi connectivity index (χ1n) is 3.27. The second kappa shape index (κ2) is 3.26. The SMILES string of the molecule is Cc1nnn(CCCN)n1. The predicted octanol–water partition coefficient (Wildman–Crippen LogP) is -0.670. The molecule has 1 aromatic rings. The number of hydrogen-bond donors (Lipinski definition) is 1. The van der Waals surface area contributed by atoms with Crippen LogP contribution in [-0.2, 0) is 6.54 Å². The highest BCUT2D eigenvalue weighted by atomic mass is 15.6. The molecule has 0 aliphatic carbocycles. The summed E-state index contributed by atoms with van der Waals surface area (Å²) in [5.41, 5.74) is 5.29. The average molecular weight is 141 g/mol. The van der Waals surface area contributed by atoms with Crippen LogP contribution in [0, 0.1) is 6.92 Å². The fourth-order valence-electron chi connectivity index (χ4n) is 0.651. The van der Waals surface area contributed by atoms with Crippen LogP contribution in [0.5, 0.6) is 0 Å². The zero-order chi connectivity index (χ0) is 7.40. The summed E-state index contributed by atoms with van der Waals surface area (Å²) < 4.78 is 0. The molecule has 1 aromatic heterocycles. The highest BCUT2D eigenvalue weighted by Gasteiger charge is 1.94. The predicted molar refractivity (Wildman–Crippen MR) is 36.2 cm³/mol. The quantitative estimate of drug-likeness (QED) is 0.606. The normalized spacial score (nSPS) is 10.2. The number of aromatic nitrogens is 4. The van der Waals surface area contributed by atoms with Gasteiger partial charge in [0.15, 0.2) is 5.82 Å². The van der Waals surface area contributed by atoms with Crippen LogP contribution in [0.25, 0.3) is 0 Å². The molecule has 1 rings (SSSR count). The zero-order valence-corrected chi connectivity index (χ0v) is 5.99. The molecule has 0 fully saturated rings. The first-order chi connectivity index (χ1) is 4.83. The molecule has 0 saturated carbocycles. The molecule has 0 radical (unpaired) electrons. The zero-order valence-electron chi connectivity index (χ0n) is 5.99. The summed E-state index contributed by atoms with van der Waals surface area (Å²) in [6, 6.07) is 0. The van der Waals surface area contributed by atoms with E-state index in [0.29, 0.717) is 12.4 Å². The van der Waals surface area contributed by atoms with Crippen molar-refractivity contribution in [2.24, 2.45) is 5.73 Å². The van der Waals surface area contributed by atoms with Crippen molar-refractivity contribution >= 4 is 0 Å². The van der Waals surface area contributed by atoms with Crippen molar-refractivity contribution < 1.29 is 0 Å². The molecule has 0 unspecified atom stereocenters. The topological polar surface area (TPSA) is 69.6 Å². The van der Waals surface area contributed by atoms with Crippen LogP contribution < -0.4 is 5.73 Å². The number of tetrazole rings is 1. The van der Waals surface area contributed by atoms with Gasteiger partial charge in [-0.2, -0.15) is 4.80 Å². The summed E-state index contributed by atoms with van der Waals surface area (Å²) in [6.07, 6.45) is 0.899. The Hall–Kier alpha value is -0.970. The highest BCUT2D eigenvalue weighted by molar-refractivity contribution is 4.66. The van der Waals surface area contributed by atoms with E-state index in [-0.39, 0.29) is 0 Å². The van der Waals surface area contributed by atoms with Gasteiger partial charge in [-0.25, -0.2) is 0 Å². The molecule has 0 aromatic carbocycles. The third-order valence-electron chi connectivity index (χ3n) is 1.12. The maximum Gasteiger partial charge on any atom is 0.171 e. The van der Waals surface area contributed by atoms with Crippen molar-refractivity contribution in [2.45, 2.75) is 19.9 Å². The third kappa shape index (κ3) is 1.77. The summed E-state index contributed by atoms with van der Waals surface area (Å²) in [7, 11) is 0. The van der Waals surface area contributed by atoms with E-state index >= 15 is 0 Å². The van der Waals surface area contributed by atoms with Gasteiger partial charge in [0, 0.05) is 0 Å². The summed E-state index contributed by atoms with van der Waals surface area (Å²) >= 11 is 0. The smallest absolute Gasteiger partial charge is 0.171 e. The van der Waals surface area contributed by atoms with Crippen LogP contribution in [0.2, 0.25) is 0 Å². The van der Waals surface area contributed by atoms with Gasteiger partial charge in [-0.1, -0.05) is 0 Å². The lowest BCUT2D eigenvalue weighted by Gasteiger charge is -1.92. The Morgan fingerprint density at radius 2 is 2.40 bits per heavy atom. The number of rotatable bonds is 3. The first-order valence-corrected chi connectivity index (χ1v) is 3.27.